The van der Waals surface area contributed by atoms with Gasteiger partial charge in [0.15, 0.2) is 0 Å². The lowest BCUT2D eigenvalue weighted by Gasteiger charge is -2.00. The van der Waals surface area contributed by atoms with Crippen molar-refractivity contribution in [2.45, 2.75) is 14.8 Å². The summed E-state index contributed by atoms with van der Waals surface area (Å²) in [6.45, 7) is 0. The van der Waals surface area contributed by atoms with Gasteiger partial charge in [-0.25, -0.2) is 0 Å². The van der Waals surface area contributed by atoms with E-state index in [2.05, 4.69) is 75.5 Å². The molecule has 0 radical (unpaired) electrons. The quantitative estimate of drug-likeness (QED) is 0.559. The summed E-state index contributed by atoms with van der Waals surface area (Å²) in [5, 5.41) is 0. The molecule has 0 atom stereocenters. The largest absolute Gasteiger partial charge is 0.0710 e. The first-order valence-corrected chi connectivity index (χ1v) is 6.10. The van der Waals surface area contributed by atoms with Crippen molar-refractivity contribution < 1.29 is 0 Å². The lowest BCUT2D eigenvalue weighted by molar-refractivity contribution is 0.933. The molecule has 1 aromatic rings. The van der Waals surface area contributed by atoms with Gasteiger partial charge in [0.2, 0.25) is 0 Å². The van der Waals surface area contributed by atoms with Crippen LogP contribution in [-0.4, -0.2) is 1.93 Å². The normalized spacial score (nSPS) is 10.5. The van der Waals surface area contributed by atoms with Gasteiger partial charge in [0.05, 0.1) is 1.93 Å². The van der Waals surface area contributed by atoms with Crippen LogP contribution in [0.15, 0.2) is 30.3 Å². The third kappa shape index (κ3) is 4.30. The summed E-state index contributed by atoms with van der Waals surface area (Å²) in [7, 11) is 0. The number of aryl methyl sites for hydroxylation is 1. The minimum atomic E-state index is 0.755. The summed E-state index contributed by atoms with van der Waals surface area (Å²) in [5.74, 6) is 0. The average molecular weight is 372 g/mol. The summed E-state index contributed by atoms with van der Waals surface area (Å²) < 4.78 is 0.755. The number of benzene rings is 1. The van der Waals surface area contributed by atoms with Crippen LogP contribution in [0, 0.1) is 0 Å². The summed E-state index contributed by atoms with van der Waals surface area (Å²) in [4.78, 5) is 0. The van der Waals surface area contributed by atoms with Crippen LogP contribution < -0.4 is 0 Å². The van der Waals surface area contributed by atoms with Crippen molar-refractivity contribution in [3.63, 3.8) is 0 Å². The molecule has 0 nitrogen and oxygen atoms in total. The van der Waals surface area contributed by atoms with Crippen LogP contribution in [0.1, 0.15) is 12.0 Å². The van der Waals surface area contributed by atoms with Crippen molar-refractivity contribution in [3.05, 3.63) is 35.9 Å². The molecule has 0 saturated heterocycles. The molecule has 0 saturated carbocycles. The lowest BCUT2D eigenvalue weighted by Crippen LogP contribution is -1.89. The van der Waals surface area contributed by atoms with Crippen molar-refractivity contribution in [1.82, 2.24) is 0 Å². The van der Waals surface area contributed by atoms with Crippen molar-refractivity contribution in [2.24, 2.45) is 0 Å². The highest BCUT2D eigenvalue weighted by molar-refractivity contribution is 14.2. The first kappa shape index (κ1) is 9.77. The van der Waals surface area contributed by atoms with Gasteiger partial charge in [0.1, 0.15) is 0 Å². The van der Waals surface area contributed by atoms with Gasteiger partial charge in [-0.15, -0.1) is 0 Å². The van der Waals surface area contributed by atoms with Crippen molar-refractivity contribution in [1.29, 1.82) is 0 Å². The SMILES string of the molecule is IC(I)CCc1ccccc1. The van der Waals surface area contributed by atoms with E-state index in [-0.39, 0.29) is 0 Å². The van der Waals surface area contributed by atoms with Crippen LogP contribution in [-0.2, 0) is 6.42 Å². The second-order valence-electron chi connectivity index (χ2n) is 2.42. The van der Waals surface area contributed by atoms with Gasteiger partial charge in [-0.2, -0.15) is 0 Å². The van der Waals surface area contributed by atoms with Crippen LogP contribution in [0.5, 0.6) is 0 Å². The average Bonchev–Trinajstić information content (AvgIpc) is 2.03. The molecule has 0 amide bonds. The van der Waals surface area contributed by atoms with Gasteiger partial charge in [-0.1, -0.05) is 75.5 Å². The monoisotopic (exact) mass is 372 g/mol. The Hall–Kier alpha value is 0.680. The highest BCUT2D eigenvalue weighted by atomic mass is 127. The molecule has 60 valence electrons. The molecule has 0 aliphatic carbocycles. The Balaban J connectivity index is 2.39. The lowest BCUT2D eigenvalue weighted by atomic mass is 10.1. The molecular formula is C9H10I2. The van der Waals surface area contributed by atoms with E-state index < -0.39 is 0 Å². The Kier molecular flexibility index (Phi) is 4.75. The van der Waals surface area contributed by atoms with E-state index in [1.54, 1.807) is 0 Å². The first-order valence-electron chi connectivity index (χ1n) is 3.61. The molecular weight excluding hydrogens is 362 g/mol. The maximum Gasteiger partial charge on any atom is 0.0629 e. The fraction of sp³-hybridized carbons (Fsp3) is 0.333. The minimum Gasteiger partial charge on any atom is -0.0710 e. The highest BCUT2D eigenvalue weighted by Gasteiger charge is 1.97. The maximum absolute atomic E-state index is 2.46. The zero-order valence-corrected chi connectivity index (χ0v) is 10.4. The number of hydrogen-bond donors (Lipinski definition) is 0. The summed E-state index contributed by atoms with van der Waals surface area (Å²) in [6, 6.07) is 10.6. The molecule has 0 spiro atoms. The van der Waals surface area contributed by atoms with Crippen molar-refractivity contribution in [2.75, 3.05) is 0 Å². The molecule has 0 aromatic heterocycles. The van der Waals surface area contributed by atoms with Gasteiger partial charge in [-0.3, -0.25) is 0 Å². The molecule has 0 fully saturated rings. The Morgan fingerprint density at radius 1 is 1.09 bits per heavy atom. The predicted molar refractivity (Wildman–Crippen MR) is 66.6 cm³/mol. The van der Waals surface area contributed by atoms with Crippen LogP contribution in [0.3, 0.4) is 0 Å². The van der Waals surface area contributed by atoms with Gasteiger partial charge >= 0.3 is 0 Å². The molecule has 0 N–H and O–H groups in total. The van der Waals surface area contributed by atoms with Crippen molar-refractivity contribution >= 4 is 45.2 Å². The molecule has 1 rings (SSSR count). The van der Waals surface area contributed by atoms with E-state index in [9.17, 15) is 0 Å². The summed E-state index contributed by atoms with van der Waals surface area (Å²) in [5.41, 5.74) is 1.45. The Labute approximate surface area is 95.0 Å². The molecule has 2 heteroatoms. The topological polar surface area (TPSA) is 0 Å². The molecule has 0 heterocycles. The second kappa shape index (κ2) is 5.35. The van der Waals surface area contributed by atoms with Crippen LogP contribution in [0.2, 0.25) is 0 Å². The molecule has 0 unspecified atom stereocenters. The molecule has 0 aliphatic heterocycles. The summed E-state index contributed by atoms with van der Waals surface area (Å²) in [6.07, 6.45) is 2.47. The zero-order chi connectivity index (χ0) is 8.10. The first-order chi connectivity index (χ1) is 5.29. The third-order valence-electron chi connectivity index (χ3n) is 1.49. The van der Waals surface area contributed by atoms with Crippen LogP contribution >= 0.6 is 45.2 Å². The summed E-state index contributed by atoms with van der Waals surface area (Å²) >= 11 is 4.91. The fourth-order valence-corrected chi connectivity index (χ4v) is 1.54. The smallest absolute Gasteiger partial charge is 0.0629 e. The fourth-order valence-electron chi connectivity index (χ4n) is 0.920. The van der Waals surface area contributed by atoms with Gasteiger partial charge in [0, 0.05) is 0 Å². The molecule has 11 heavy (non-hydrogen) atoms. The standard InChI is InChI=1S/C9H10I2/c10-9(11)7-6-8-4-2-1-3-5-8/h1-5,9H,6-7H2. The number of alkyl halides is 2. The number of hydrogen-bond acceptors (Lipinski definition) is 0. The van der Waals surface area contributed by atoms with Crippen LogP contribution in [0.4, 0.5) is 0 Å². The van der Waals surface area contributed by atoms with Crippen LogP contribution in [0.25, 0.3) is 0 Å². The predicted octanol–water partition coefficient (Wildman–Crippen LogP) is 3.82. The Bertz CT molecular complexity index is 194. The Morgan fingerprint density at radius 2 is 1.73 bits per heavy atom. The molecule has 1 aromatic carbocycles. The van der Waals surface area contributed by atoms with E-state index >= 15 is 0 Å². The molecule has 0 bridgehead atoms. The third-order valence-corrected chi connectivity index (χ3v) is 2.74. The van der Waals surface area contributed by atoms with E-state index in [1.165, 1.54) is 18.4 Å². The van der Waals surface area contributed by atoms with E-state index in [4.69, 9.17) is 0 Å². The zero-order valence-electron chi connectivity index (χ0n) is 6.13. The van der Waals surface area contributed by atoms with Gasteiger partial charge in [0.25, 0.3) is 0 Å². The van der Waals surface area contributed by atoms with Gasteiger partial charge in [-0.05, 0) is 18.4 Å². The minimum absolute atomic E-state index is 0.755. The van der Waals surface area contributed by atoms with Crippen molar-refractivity contribution in [3.8, 4) is 0 Å². The Morgan fingerprint density at radius 3 is 2.27 bits per heavy atom. The van der Waals surface area contributed by atoms with Gasteiger partial charge < -0.3 is 0 Å². The van der Waals surface area contributed by atoms with E-state index in [0.717, 1.165) is 1.93 Å². The maximum atomic E-state index is 2.46. The van der Waals surface area contributed by atoms with E-state index in [0.29, 0.717) is 0 Å². The van der Waals surface area contributed by atoms with E-state index in [1.807, 2.05) is 0 Å². The number of halogens is 2. The number of rotatable bonds is 3. The highest BCUT2D eigenvalue weighted by Crippen LogP contribution is 2.16. The second-order valence-corrected chi connectivity index (χ2v) is 7.81. The molecule has 0 aliphatic rings.